The van der Waals surface area contributed by atoms with Crippen molar-refractivity contribution in [2.75, 3.05) is 0 Å². The molecule has 27 rings (SSSR count). The lowest BCUT2D eigenvalue weighted by Gasteiger charge is -2.19. The molecule has 590 valence electrons. The Morgan fingerprint density at radius 3 is 0.701 bits per heavy atom. The second kappa shape index (κ2) is 30.1. The molecular weight excluding hydrogens is 1540 g/mol. The molecule has 0 spiro atoms. The predicted octanol–water partition coefficient (Wildman–Crippen LogP) is 35.6. The van der Waals surface area contributed by atoms with Crippen molar-refractivity contribution in [2.24, 2.45) is 0 Å². The monoisotopic (exact) mass is 1610 g/mol. The van der Waals surface area contributed by atoms with E-state index in [0.717, 1.165) is 55.0 Å². The summed E-state index contributed by atoms with van der Waals surface area (Å²) in [5, 5.41) is 31.7. The molecule has 3 aromatic heterocycles. The van der Waals surface area contributed by atoms with E-state index < -0.39 is 0 Å². The zero-order valence-corrected chi connectivity index (χ0v) is 69.1. The van der Waals surface area contributed by atoms with E-state index in [0.29, 0.717) is 0 Å². The average molecular weight is 1610 g/mol. The maximum absolute atomic E-state index is 6.50. The van der Waals surface area contributed by atoms with Crippen LogP contribution in [0.1, 0.15) is 0 Å². The first kappa shape index (κ1) is 73.0. The highest BCUT2D eigenvalue weighted by molar-refractivity contribution is 6.31. The summed E-state index contributed by atoms with van der Waals surface area (Å²) in [5.41, 5.74) is 25.3. The number of benzene rings is 24. The van der Waals surface area contributed by atoms with Gasteiger partial charge in [0.05, 0.1) is 0 Å². The molecule has 3 heterocycles. The molecule has 0 N–H and O–H groups in total. The summed E-state index contributed by atoms with van der Waals surface area (Å²) in [5.74, 6) is 0. The van der Waals surface area contributed by atoms with Crippen molar-refractivity contribution in [1.29, 1.82) is 0 Å². The van der Waals surface area contributed by atoms with E-state index in [1.165, 1.54) is 208 Å². The minimum Gasteiger partial charge on any atom is -0.456 e. The number of furan rings is 3. The molecule has 127 heavy (non-hydrogen) atoms. The molecule has 0 saturated heterocycles. The van der Waals surface area contributed by atoms with Gasteiger partial charge in [0, 0.05) is 32.3 Å². The van der Waals surface area contributed by atoms with Gasteiger partial charge in [0.1, 0.15) is 33.5 Å². The van der Waals surface area contributed by atoms with Crippen LogP contribution in [0.25, 0.3) is 263 Å². The van der Waals surface area contributed by atoms with Crippen LogP contribution in [0.5, 0.6) is 0 Å². The number of hydrogen-bond donors (Lipinski definition) is 0. The Balaban J connectivity index is 0.000000104. The van der Waals surface area contributed by atoms with Crippen molar-refractivity contribution >= 4 is 174 Å². The van der Waals surface area contributed by atoms with Gasteiger partial charge in [0.15, 0.2) is 0 Å². The van der Waals surface area contributed by atoms with Crippen molar-refractivity contribution in [3.05, 3.63) is 461 Å². The van der Waals surface area contributed by atoms with Gasteiger partial charge in [-0.15, -0.1) is 0 Å². The molecule has 0 unspecified atom stereocenters. The molecular formula is C124H76O3. The summed E-state index contributed by atoms with van der Waals surface area (Å²) in [6.07, 6.45) is 0. The third kappa shape index (κ3) is 12.2. The maximum atomic E-state index is 6.50. The Labute approximate surface area is 731 Å². The SMILES string of the molecule is c1ccc(-c2ccc(-c3c4ccccc4c(-c4cccc5oc6cc7ccccc7cc6c45)c4ccccc34)cc2)cc1.c1ccc(-c2cccc(-c3c4ccccc4c(-c4cccc5oc6cc7ccccc7cc6c45)c4ccccc34)c2)cc1.c1ccc2cc3c(cc2c1)oc1cccc(-c2c4ccccc4c(-c4cccc5ccccc45)c4ccccc24)c13. The van der Waals surface area contributed by atoms with E-state index in [-0.39, 0.29) is 0 Å². The van der Waals surface area contributed by atoms with Gasteiger partial charge in [-0.05, 0) is 257 Å². The molecule has 0 fully saturated rings. The van der Waals surface area contributed by atoms with Gasteiger partial charge < -0.3 is 13.3 Å². The molecule has 0 bridgehead atoms. The molecule has 0 atom stereocenters. The molecule has 0 aliphatic heterocycles. The van der Waals surface area contributed by atoms with E-state index in [1.54, 1.807) is 0 Å². The molecule has 24 aromatic carbocycles. The molecule has 27 aromatic rings. The van der Waals surface area contributed by atoms with Crippen molar-refractivity contribution < 1.29 is 13.3 Å². The van der Waals surface area contributed by atoms with Gasteiger partial charge in [-0.1, -0.05) is 400 Å². The fraction of sp³-hybridized carbons (Fsp3) is 0. The average Bonchev–Trinajstić information content (AvgIpc) is 1.58. The van der Waals surface area contributed by atoms with Crippen molar-refractivity contribution in [2.45, 2.75) is 0 Å². The van der Waals surface area contributed by atoms with E-state index >= 15 is 0 Å². The molecule has 0 radical (unpaired) electrons. The van der Waals surface area contributed by atoms with Gasteiger partial charge in [0.2, 0.25) is 0 Å². The van der Waals surface area contributed by atoms with Crippen LogP contribution in [0, 0.1) is 0 Å². The van der Waals surface area contributed by atoms with Crippen LogP contribution >= 0.6 is 0 Å². The molecule has 0 amide bonds. The Bertz CT molecular complexity index is 8970. The summed E-state index contributed by atoms with van der Waals surface area (Å²) >= 11 is 0. The predicted molar refractivity (Wildman–Crippen MR) is 540 cm³/mol. The minimum absolute atomic E-state index is 0.913. The Hall–Kier alpha value is -16.7. The second-order valence-corrected chi connectivity index (χ2v) is 33.4. The van der Waals surface area contributed by atoms with E-state index in [2.05, 4.69) is 461 Å². The number of fused-ring (bicyclic) bond motifs is 19. The van der Waals surface area contributed by atoms with Crippen LogP contribution in [-0.4, -0.2) is 0 Å². The lowest BCUT2D eigenvalue weighted by atomic mass is 9.84. The van der Waals surface area contributed by atoms with Crippen LogP contribution in [0.2, 0.25) is 0 Å². The molecule has 0 saturated carbocycles. The normalized spacial score (nSPS) is 11.8. The summed E-state index contributed by atoms with van der Waals surface area (Å²) in [6, 6.07) is 166. The van der Waals surface area contributed by atoms with Crippen molar-refractivity contribution in [3.8, 4) is 89.0 Å². The first-order valence-electron chi connectivity index (χ1n) is 43.7. The highest BCUT2D eigenvalue weighted by Crippen LogP contribution is 2.53. The fourth-order valence-electron chi connectivity index (χ4n) is 20.7. The highest BCUT2D eigenvalue weighted by Gasteiger charge is 2.26. The standard InChI is InChI=1S/2C42H26O.C40H24O/c1-2-12-27(13-3-1)28-16-10-17-31(24-28)40-32-18-6-8-20-34(32)41(35-21-9-7-19-33(35)40)36-22-11-23-38-42(36)37-25-29-14-4-5-15-30(29)26-39(37)43-38;1-2-11-27(12-3-1)28-21-23-29(24-22-28)40-32-15-6-8-17-34(32)41(35-18-9-7-16-33(35)40)36-19-10-20-38-42(36)37-25-30-13-4-5-14-31(30)26-39(37)43-38;1-2-13-27-24-37-35(23-26(27)12-1)40-34(21-10-22-36(40)41-37)39-32-18-7-5-16-30(32)38(31-17-6-8-19-33(31)39)29-20-9-14-25-11-3-4-15-28(25)29/h2*1-26H;1-24H. The summed E-state index contributed by atoms with van der Waals surface area (Å²) < 4.78 is 19.5. The van der Waals surface area contributed by atoms with Crippen LogP contribution in [0.4, 0.5) is 0 Å². The third-order valence-corrected chi connectivity index (χ3v) is 26.3. The zero-order valence-electron chi connectivity index (χ0n) is 69.1. The van der Waals surface area contributed by atoms with Crippen LogP contribution < -0.4 is 0 Å². The topological polar surface area (TPSA) is 39.4 Å². The molecule has 3 heteroatoms. The first-order chi connectivity index (χ1) is 63.0. The van der Waals surface area contributed by atoms with Gasteiger partial charge in [-0.3, -0.25) is 0 Å². The quantitative estimate of drug-likeness (QED) is 0.142. The van der Waals surface area contributed by atoms with Gasteiger partial charge in [-0.2, -0.15) is 0 Å². The number of rotatable bonds is 8. The van der Waals surface area contributed by atoms with Crippen molar-refractivity contribution in [1.82, 2.24) is 0 Å². The van der Waals surface area contributed by atoms with Gasteiger partial charge in [-0.25, -0.2) is 0 Å². The number of hydrogen-bond acceptors (Lipinski definition) is 3. The van der Waals surface area contributed by atoms with Crippen LogP contribution in [-0.2, 0) is 0 Å². The van der Waals surface area contributed by atoms with Crippen molar-refractivity contribution in [3.63, 3.8) is 0 Å². The lowest BCUT2D eigenvalue weighted by molar-refractivity contribution is 0.669. The maximum Gasteiger partial charge on any atom is 0.136 e. The third-order valence-electron chi connectivity index (χ3n) is 26.3. The summed E-state index contributed by atoms with van der Waals surface area (Å²) in [4.78, 5) is 0. The van der Waals surface area contributed by atoms with Crippen LogP contribution in [0.3, 0.4) is 0 Å². The first-order valence-corrected chi connectivity index (χ1v) is 43.7. The van der Waals surface area contributed by atoms with E-state index in [4.69, 9.17) is 13.3 Å². The smallest absolute Gasteiger partial charge is 0.136 e. The molecule has 3 nitrogen and oxygen atoms in total. The molecule has 0 aliphatic rings. The summed E-state index contributed by atoms with van der Waals surface area (Å²) in [7, 11) is 0. The Morgan fingerprint density at radius 1 is 0.110 bits per heavy atom. The van der Waals surface area contributed by atoms with Crippen LogP contribution in [0.15, 0.2) is 474 Å². The Kier molecular flexibility index (Phi) is 17.3. The lowest BCUT2D eigenvalue weighted by Crippen LogP contribution is -1.92. The van der Waals surface area contributed by atoms with E-state index in [9.17, 15) is 0 Å². The highest BCUT2D eigenvalue weighted by atomic mass is 16.3. The summed E-state index contributed by atoms with van der Waals surface area (Å²) in [6.45, 7) is 0. The zero-order chi connectivity index (χ0) is 83.6. The van der Waals surface area contributed by atoms with Gasteiger partial charge in [0.25, 0.3) is 0 Å². The second-order valence-electron chi connectivity index (χ2n) is 33.4. The Morgan fingerprint density at radius 2 is 0.339 bits per heavy atom. The van der Waals surface area contributed by atoms with E-state index in [1.807, 2.05) is 0 Å². The minimum atomic E-state index is 0.913. The largest absolute Gasteiger partial charge is 0.456 e. The molecule has 0 aliphatic carbocycles. The van der Waals surface area contributed by atoms with Gasteiger partial charge >= 0.3 is 0 Å². The fourth-order valence-corrected chi connectivity index (χ4v) is 20.7.